The first-order chi connectivity index (χ1) is 8.23. The van der Waals surface area contributed by atoms with Gasteiger partial charge in [0.25, 0.3) is 0 Å². The molecule has 0 amide bonds. The summed E-state index contributed by atoms with van der Waals surface area (Å²) in [7, 11) is 1.73. The Bertz CT molecular complexity index is 342. The Balaban J connectivity index is 1.99. The molecule has 1 aromatic rings. The summed E-state index contributed by atoms with van der Waals surface area (Å²) < 4.78 is 7.24. The maximum absolute atomic E-state index is 5.11. The fraction of sp³-hybridized carbons (Fsp3) is 0.769. The molecule has 0 saturated heterocycles. The number of hydrogen-bond donors (Lipinski definition) is 1. The van der Waals surface area contributed by atoms with Gasteiger partial charge < -0.3 is 14.6 Å². The van der Waals surface area contributed by atoms with Gasteiger partial charge in [0.2, 0.25) is 5.95 Å². The molecule has 1 N–H and O–H groups in total. The molecular weight excluding hydrogens is 214 g/mol. The summed E-state index contributed by atoms with van der Waals surface area (Å²) in [5.74, 6) is 0.978. The monoisotopic (exact) mass is 237 g/mol. The van der Waals surface area contributed by atoms with Gasteiger partial charge in [0.1, 0.15) is 0 Å². The zero-order valence-electron chi connectivity index (χ0n) is 10.9. The van der Waals surface area contributed by atoms with Crippen LogP contribution < -0.4 is 5.32 Å². The van der Waals surface area contributed by atoms with Crippen LogP contribution in [0.25, 0.3) is 0 Å². The molecule has 0 aromatic carbocycles. The SMILES string of the molecule is COCCn1ccnc1NC1(C)CCCCC1. The summed E-state index contributed by atoms with van der Waals surface area (Å²) >= 11 is 0. The number of imidazole rings is 1. The first kappa shape index (κ1) is 12.4. The van der Waals surface area contributed by atoms with Gasteiger partial charge in [0, 0.05) is 31.6 Å². The van der Waals surface area contributed by atoms with Crippen LogP contribution in [0.1, 0.15) is 39.0 Å². The molecule has 1 saturated carbocycles. The van der Waals surface area contributed by atoms with Crippen molar-refractivity contribution in [3.63, 3.8) is 0 Å². The van der Waals surface area contributed by atoms with Gasteiger partial charge in [-0.05, 0) is 19.8 Å². The molecule has 17 heavy (non-hydrogen) atoms. The van der Waals surface area contributed by atoms with Crippen molar-refractivity contribution in [2.75, 3.05) is 19.0 Å². The van der Waals surface area contributed by atoms with Crippen LogP contribution in [-0.2, 0) is 11.3 Å². The van der Waals surface area contributed by atoms with Crippen LogP contribution in [0.4, 0.5) is 5.95 Å². The highest BCUT2D eigenvalue weighted by Crippen LogP contribution is 2.30. The number of anilines is 1. The van der Waals surface area contributed by atoms with Crippen LogP contribution in [0, 0.1) is 0 Å². The van der Waals surface area contributed by atoms with E-state index in [2.05, 4.69) is 21.8 Å². The summed E-state index contributed by atoms with van der Waals surface area (Å²) in [5, 5.41) is 3.61. The van der Waals surface area contributed by atoms with Crippen LogP contribution in [0.5, 0.6) is 0 Å². The van der Waals surface area contributed by atoms with E-state index < -0.39 is 0 Å². The van der Waals surface area contributed by atoms with Gasteiger partial charge in [-0.25, -0.2) is 4.98 Å². The largest absolute Gasteiger partial charge is 0.383 e. The number of ether oxygens (including phenoxy) is 1. The van der Waals surface area contributed by atoms with Crippen molar-refractivity contribution in [1.29, 1.82) is 0 Å². The first-order valence-electron chi connectivity index (χ1n) is 6.52. The number of methoxy groups -OCH3 is 1. The fourth-order valence-corrected chi connectivity index (χ4v) is 2.53. The first-order valence-corrected chi connectivity index (χ1v) is 6.52. The van der Waals surface area contributed by atoms with Crippen molar-refractivity contribution in [1.82, 2.24) is 9.55 Å². The second-order valence-electron chi connectivity index (χ2n) is 5.18. The molecule has 0 spiro atoms. The van der Waals surface area contributed by atoms with E-state index in [1.807, 2.05) is 12.4 Å². The highest BCUT2D eigenvalue weighted by molar-refractivity contribution is 5.30. The molecule has 0 bridgehead atoms. The molecule has 4 heteroatoms. The Morgan fingerprint density at radius 2 is 2.18 bits per heavy atom. The van der Waals surface area contributed by atoms with Gasteiger partial charge >= 0.3 is 0 Å². The van der Waals surface area contributed by atoms with Crippen molar-refractivity contribution < 1.29 is 4.74 Å². The number of rotatable bonds is 5. The summed E-state index contributed by atoms with van der Waals surface area (Å²) in [5.41, 5.74) is 0.217. The smallest absolute Gasteiger partial charge is 0.203 e. The van der Waals surface area contributed by atoms with Crippen molar-refractivity contribution >= 4 is 5.95 Å². The van der Waals surface area contributed by atoms with E-state index >= 15 is 0 Å². The molecule has 0 unspecified atom stereocenters. The maximum Gasteiger partial charge on any atom is 0.203 e. The summed E-state index contributed by atoms with van der Waals surface area (Å²) in [4.78, 5) is 4.40. The lowest BCUT2D eigenvalue weighted by atomic mass is 9.83. The van der Waals surface area contributed by atoms with Gasteiger partial charge in [0.05, 0.1) is 6.61 Å². The average Bonchev–Trinajstić information content (AvgIpc) is 2.74. The third-order valence-corrected chi connectivity index (χ3v) is 3.62. The lowest BCUT2D eigenvalue weighted by Crippen LogP contribution is -2.37. The van der Waals surface area contributed by atoms with Crippen molar-refractivity contribution in [2.24, 2.45) is 0 Å². The van der Waals surface area contributed by atoms with Gasteiger partial charge in [-0.2, -0.15) is 0 Å². The minimum atomic E-state index is 0.217. The minimum absolute atomic E-state index is 0.217. The number of nitrogens with zero attached hydrogens (tertiary/aromatic N) is 2. The van der Waals surface area contributed by atoms with Crippen molar-refractivity contribution in [3.05, 3.63) is 12.4 Å². The van der Waals surface area contributed by atoms with E-state index in [1.54, 1.807) is 7.11 Å². The van der Waals surface area contributed by atoms with Gasteiger partial charge in [-0.3, -0.25) is 0 Å². The van der Waals surface area contributed by atoms with Gasteiger partial charge in [0.15, 0.2) is 0 Å². The van der Waals surface area contributed by atoms with Gasteiger partial charge in [-0.15, -0.1) is 0 Å². The van der Waals surface area contributed by atoms with E-state index in [-0.39, 0.29) is 5.54 Å². The summed E-state index contributed by atoms with van der Waals surface area (Å²) in [6.45, 7) is 3.89. The highest BCUT2D eigenvalue weighted by atomic mass is 16.5. The molecule has 1 aliphatic rings. The second-order valence-corrected chi connectivity index (χ2v) is 5.18. The lowest BCUT2D eigenvalue weighted by molar-refractivity contribution is 0.187. The number of nitrogens with one attached hydrogen (secondary N) is 1. The van der Waals surface area contributed by atoms with E-state index in [4.69, 9.17) is 4.74 Å². The predicted molar refractivity (Wildman–Crippen MR) is 69.2 cm³/mol. The van der Waals surface area contributed by atoms with E-state index in [0.717, 1.165) is 19.1 Å². The third kappa shape index (κ3) is 3.22. The maximum atomic E-state index is 5.11. The molecular formula is C13H23N3O. The molecule has 1 aromatic heterocycles. The molecule has 0 radical (unpaired) electrons. The zero-order chi connectivity index (χ0) is 12.1. The fourth-order valence-electron chi connectivity index (χ4n) is 2.53. The van der Waals surface area contributed by atoms with Crippen molar-refractivity contribution in [2.45, 2.75) is 51.1 Å². The standard InChI is InChI=1S/C13H23N3O/c1-13(6-4-3-5-7-13)15-12-14-8-9-16(12)10-11-17-2/h8-9H,3-7,10-11H2,1-2H3,(H,14,15). The Hall–Kier alpha value is -1.03. The van der Waals surface area contributed by atoms with Crippen LogP contribution in [0.3, 0.4) is 0 Å². The van der Waals surface area contributed by atoms with E-state index in [0.29, 0.717) is 0 Å². The Kier molecular flexibility index (Phi) is 4.05. The molecule has 4 nitrogen and oxygen atoms in total. The molecule has 1 aliphatic carbocycles. The van der Waals surface area contributed by atoms with Gasteiger partial charge in [-0.1, -0.05) is 19.3 Å². The zero-order valence-corrected chi connectivity index (χ0v) is 10.9. The van der Waals surface area contributed by atoms with Crippen LogP contribution >= 0.6 is 0 Å². The Labute approximate surface area is 103 Å². The number of aromatic nitrogens is 2. The van der Waals surface area contributed by atoms with Crippen molar-refractivity contribution in [3.8, 4) is 0 Å². The normalized spacial score (nSPS) is 19.2. The summed E-state index contributed by atoms with van der Waals surface area (Å²) in [6, 6.07) is 0. The quantitative estimate of drug-likeness (QED) is 0.855. The highest BCUT2D eigenvalue weighted by Gasteiger charge is 2.27. The van der Waals surface area contributed by atoms with Crippen LogP contribution in [0.2, 0.25) is 0 Å². The van der Waals surface area contributed by atoms with E-state index in [1.165, 1.54) is 32.1 Å². The minimum Gasteiger partial charge on any atom is -0.383 e. The Morgan fingerprint density at radius 3 is 2.88 bits per heavy atom. The van der Waals surface area contributed by atoms with Crippen LogP contribution in [-0.4, -0.2) is 28.8 Å². The van der Waals surface area contributed by atoms with Crippen LogP contribution in [0.15, 0.2) is 12.4 Å². The van der Waals surface area contributed by atoms with E-state index in [9.17, 15) is 0 Å². The molecule has 1 fully saturated rings. The predicted octanol–water partition coefficient (Wildman–Crippen LogP) is 2.66. The molecule has 2 rings (SSSR count). The second kappa shape index (κ2) is 5.54. The molecule has 1 heterocycles. The number of hydrogen-bond acceptors (Lipinski definition) is 3. The third-order valence-electron chi connectivity index (χ3n) is 3.62. The molecule has 0 aliphatic heterocycles. The topological polar surface area (TPSA) is 39.1 Å². The molecule has 96 valence electrons. The lowest BCUT2D eigenvalue weighted by Gasteiger charge is -2.35. The Morgan fingerprint density at radius 1 is 1.41 bits per heavy atom. The summed E-state index contributed by atoms with van der Waals surface area (Å²) in [6.07, 6.45) is 10.4. The molecule has 0 atom stereocenters. The average molecular weight is 237 g/mol.